The molecule has 1 aromatic heterocycles. The molecule has 0 atom stereocenters. The van der Waals surface area contributed by atoms with E-state index in [1.165, 1.54) is 12.1 Å². The maximum Gasteiger partial charge on any atom is 0.253 e. The lowest BCUT2D eigenvalue weighted by Gasteiger charge is -2.26. The predicted octanol–water partition coefficient (Wildman–Crippen LogP) is 4.70. The van der Waals surface area contributed by atoms with Gasteiger partial charge in [-0.25, -0.2) is 4.39 Å². The number of nitrogens with one attached hydrogen (secondary N) is 1. The van der Waals surface area contributed by atoms with E-state index in [1.807, 2.05) is 35.8 Å². The number of ether oxygens (including phenoxy) is 1. The SMILES string of the molecule is Cc1c(C(=O)NCCCN2CCOCC2)cc(-c2ccc(Cl)cc2)n1-c1cccc(F)c1. The van der Waals surface area contributed by atoms with Crippen molar-refractivity contribution in [3.8, 4) is 16.9 Å². The lowest BCUT2D eigenvalue weighted by molar-refractivity contribution is 0.0374. The van der Waals surface area contributed by atoms with Gasteiger partial charge in [-0.3, -0.25) is 9.69 Å². The van der Waals surface area contributed by atoms with Gasteiger partial charge in [0, 0.05) is 36.0 Å². The first kappa shape index (κ1) is 22.5. The quantitative estimate of drug-likeness (QED) is 0.525. The average Bonchev–Trinajstić information content (AvgIpc) is 3.15. The number of morpholine rings is 1. The molecule has 5 nitrogen and oxygen atoms in total. The minimum absolute atomic E-state index is 0.130. The third-order valence-electron chi connectivity index (χ3n) is 5.74. The largest absolute Gasteiger partial charge is 0.379 e. The van der Waals surface area contributed by atoms with Crippen LogP contribution in [-0.4, -0.2) is 54.8 Å². The lowest BCUT2D eigenvalue weighted by atomic mass is 10.1. The van der Waals surface area contributed by atoms with E-state index in [4.69, 9.17) is 16.3 Å². The van der Waals surface area contributed by atoms with E-state index >= 15 is 0 Å². The highest BCUT2D eigenvalue weighted by Gasteiger charge is 2.20. The van der Waals surface area contributed by atoms with E-state index in [2.05, 4.69) is 10.2 Å². The summed E-state index contributed by atoms with van der Waals surface area (Å²) in [5.74, 6) is -0.457. The average molecular weight is 456 g/mol. The fourth-order valence-corrected chi connectivity index (χ4v) is 4.17. The second-order valence-corrected chi connectivity index (χ2v) is 8.35. The van der Waals surface area contributed by atoms with Crippen molar-refractivity contribution in [3.05, 3.63) is 76.7 Å². The molecule has 0 unspecified atom stereocenters. The Morgan fingerprint density at radius 2 is 1.88 bits per heavy atom. The molecule has 7 heteroatoms. The molecule has 2 heterocycles. The van der Waals surface area contributed by atoms with Gasteiger partial charge in [-0.2, -0.15) is 0 Å². The van der Waals surface area contributed by atoms with E-state index in [0.717, 1.165) is 56.2 Å². The van der Waals surface area contributed by atoms with Crippen LogP contribution in [0.15, 0.2) is 54.6 Å². The Bertz CT molecular complexity index is 1080. The molecule has 168 valence electrons. The van der Waals surface area contributed by atoms with Crippen LogP contribution in [0.5, 0.6) is 0 Å². The highest BCUT2D eigenvalue weighted by Crippen LogP contribution is 2.30. The van der Waals surface area contributed by atoms with Crippen molar-refractivity contribution in [2.75, 3.05) is 39.4 Å². The van der Waals surface area contributed by atoms with E-state index in [9.17, 15) is 9.18 Å². The van der Waals surface area contributed by atoms with Gasteiger partial charge >= 0.3 is 0 Å². The second kappa shape index (κ2) is 10.3. The number of carbonyl (C=O) groups is 1. The van der Waals surface area contributed by atoms with Gasteiger partial charge in [-0.1, -0.05) is 29.8 Å². The topological polar surface area (TPSA) is 46.5 Å². The Kier molecular flexibility index (Phi) is 7.25. The van der Waals surface area contributed by atoms with Gasteiger partial charge in [0.15, 0.2) is 0 Å². The molecule has 2 aromatic carbocycles. The fraction of sp³-hybridized carbons (Fsp3) is 0.320. The van der Waals surface area contributed by atoms with E-state index in [-0.39, 0.29) is 11.7 Å². The minimum Gasteiger partial charge on any atom is -0.379 e. The summed E-state index contributed by atoms with van der Waals surface area (Å²) in [5.41, 5.74) is 3.70. The maximum atomic E-state index is 14.0. The molecule has 1 N–H and O–H groups in total. The molecular formula is C25H27ClFN3O2. The number of amides is 1. The van der Waals surface area contributed by atoms with Gasteiger partial charge in [0.25, 0.3) is 5.91 Å². The smallest absolute Gasteiger partial charge is 0.253 e. The first-order valence-corrected chi connectivity index (χ1v) is 11.2. The van der Waals surface area contributed by atoms with Crippen molar-refractivity contribution in [2.45, 2.75) is 13.3 Å². The van der Waals surface area contributed by atoms with E-state index in [1.54, 1.807) is 18.2 Å². The summed E-state index contributed by atoms with van der Waals surface area (Å²) in [6.07, 6.45) is 0.874. The molecule has 0 radical (unpaired) electrons. The van der Waals surface area contributed by atoms with Gasteiger partial charge in [-0.05, 0) is 61.9 Å². The molecule has 32 heavy (non-hydrogen) atoms. The molecule has 1 aliphatic rings. The predicted molar refractivity (Wildman–Crippen MR) is 125 cm³/mol. The number of hydrogen-bond donors (Lipinski definition) is 1. The zero-order chi connectivity index (χ0) is 22.5. The van der Waals surface area contributed by atoms with Crippen LogP contribution < -0.4 is 5.32 Å². The zero-order valence-electron chi connectivity index (χ0n) is 18.1. The molecular weight excluding hydrogens is 429 g/mol. The number of rotatable bonds is 7. The Hall–Kier alpha value is -2.67. The summed E-state index contributed by atoms with van der Waals surface area (Å²) < 4.78 is 21.3. The van der Waals surface area contributed by atoms with Crippen LogP contribution >= 0.6 is 11.6 Å². The van der Waals surface area contributed by atoms with Crippen LogP contribution in [0, 0.1) is 12.7 Å². The molecule has 0 bridgehead atoms. The lowest BCUT2D eigenvalue weighted by Crippen LogP contribution is -2.38. The molecule has 4 rings (SSSR count). The Morgan fingerprint density at radius 1 is 1.12 bits per heavy atom. The summed E-state index contributed by atoms with van der Waals surface area (Å²) in [7, 11) is 0. The fourth-order valence-electron chi connectivity index (χ4n) is 4.04. The van der Waals surface area contributed by atoms with Crippen LogP contribution in [0.4, 0.5) is 4.39 Å². The van der Waals surface area contributed by atoms with Crippen LogP contribution in [0.25, 0.3) is 16.9 Å². The summed E-state index contributed by atoms with van der Waals surface area (Å²) in [5, 5.41) is 3.67. The molecule has 1 amide bonds. The zero-order valence-corrected chi connectivity index (χ0v) is 18.9. The van der Waals surface area contributed by atoms with Gasteiger partial charge < -0.3 is 14.6 Å². The first-order valence-electron chi connectivity index (χ1n) is 10.9. The first-order chi connectivity index (χ1) is 15.5. The Morgan fingerprint density at radius 3 is 2.59 bits per heavy atom. The minimum atomic E-state index is -0.327. The van der Waals surface area contributed by atoms with Crippen LogP contribution in [0.1, 0.15) is 22.5 Å². The molecule has 0 aliphatic carbocycles. The number of hydrogen-bond acceptors (Lipinski definition) is 3. The van der Waals surface area contributed by atoms with Crippen molar-refractivity contribution in [1.82, 2.24) is 14.8 Å². The van der Waals surface area contributed by atoms with E-state index < -0.39 is 0 Å². The summed E-state index contributed by atoms with van der Waals surface area (Å²) in [6.45, 7) is 6.83. The number of carbonyl (C=O) groups excluding carboxylic acids is 1. The van der Waals surface area contributed by atoms with Crippen molar-refractivity contribution in [1.29, 1.82) is 0 Å². The van der Waals surface area contributed by atoms with Gasteiger partial charge in [-0.15, -0.1) is 0 Å². The number of nitrogens with zero attached hydrogens (tertiary/aromatic N) is 2. The molecule has 0 spiro atoms. The third-order valence-corrected chi connectivity index (χ3v) is 5.99. The molecule has 0 saturated carbocycles. The summed E-state index contributed by atoms with van der Waals surface area (Å²) in [6, 6.07) is 15.7. The van der Waals surface area contributed by atoms with Gasteiger partial charge in [0.1, 0.15) is 5.82 Å². The number of benzene rings is 2. The third kappa shape index (κ3) is 5.21. The second-order valence-electron chi connectivity index (χ2n) is 7.91. The van der Waals surface area contributed by atoms with Crippen molar-refractivity contribution < 1.29 is 13.9 Å². The Labute approximate surface area is 192 Å². The summed E-state index contributed by atoms with van der Waals surface area (Å²) in [4.78, 5) is 15.4. The van der Waals surface area contributed by atoms with Gasteiger partial charge in [0.2, 0.25) is 0 Å². The number of halogens is 2. The normalized spacial score (nSPS) is 14.5. The molecule has 1 aliphatic heterocycles. The van der Waals surface area contributed by atoms with Crippen molar-refractivity contribution in [3.63, 3.8) is 0 Å². The Balaban J connectivity index is 1.56. The monoisotopic (exact) mass is 455 g/mol. The highest BCUT2D eigenvalue weighted by atomic mass is 35.5. The van der Waals surface area contributed by atoms with Crippen LogP contribution in [0.2, 0.25) is 5.02 Å². The summed E-state index contributed by atoms with van der Waals surface area (Å²) >= 11 is 6.06. The molecule has 1 fully saturated rings. The molecule has 1 saturated heterocycles. The highest BCUT2D eigenvalue weighted by molar-refractivity contribution is 6.30. The van der Waals surface area contributed by atoms with Crippen molar-refractivity contribution >= 4 is 17.5 Å². The molecule has 3 aromatic rings. The van der Waals surface area contributed by atoms with E-state index in [0.29, 0.717) is 22.8 Å². The number of aromatic nitrogens is 1. The van der Waals surface area contributed by atoms with Crippen molar-refractivity contribution in [2.24, 2.45) is 0 Å². The maximum absolute atomic E-state index is 14.0. The van der Waals surface area contributed by atoms with Gasteiger partial charge in [0.05, 0.1) is 24.5 Å². The van der Waals surface area contributed by atoms with Crippen LogP contribution in [-0.2, 0) is 4.74 Å². The standard InChI is InChI=1S/C25H27ClFN3O2/c1-18-23(25(31)28-10-3-11-29-12-14-32-15-13-29)17-24(19-6-8-20(26)9-7-19)30(18)22-5-2-4-21(27)16-22/h2,4-9,16-17H,3,10-15H2,1H3,(H,28,31). The van der Waals surface area contributed by atoms with Crippen LogP contribution in [0.3, 0.4) is 0 Å².